The van der Waals surface area contributed by atoms with Crippen molar-refractivity contribution in [3.8, 4) is 5.75 Å². The molecule has 1 saturated heterocycles. The van der Waals surface area contributed by atoms with E-state index in [0.29, 0.717) is 43.0 Å². The van der Waals surface area contributed by atoms with Gasteiger partial charge in [-0.2, -0.15) is 0 Å². The first kappa shape index (κ1) is 17.3. The summed E-state index contributed by atoms with van der Waals surface area (Å²) in [5.41, 5.74) is 1.01. The Morgan fingerprint density at radius 1 is 1.30 bits per heavy atom. The number of ether oxygens (including phenoxy) is 2. The first-order valence-corrected chi connectivity index (χ1v) is 8.74. The number of hydrogen-bond donors (Lipinski definition) is 1. The van der Waals surface area contributed by atoms with Gasteiger partial charge in [0.05, 0.1) is 12.3 Å². The fourth-order valence-corrected chi connectivity index (χ4v) is 3.61. The second kappa shape index (κ2) is 6.90. The van der Waals surface area contributed by atoms with Crippen molar-refractivity contribution in [1.82, 2.24) is 4.90 Å². The maximum absolute atomic E-state index is 13.5. The summed E-state index contributed by atoms with van der Waals surface area (Å²) in [5, 5.41) is 12.7. The molecule has 0 bridgehead atoms. The summed E-state index contributed by atoms with van der Waals surface area (Å²) in [5.74, 6) is 0.0296. The molecule has 2 heterocycles. The third-order valence-electron chi connectivity index (χ3n) is 4.97. The second-order valence-corrected chi connectivity index (χ2v) is 6.86. The van der Waals surface area contributed by atoms with Crippen LogP contribution < -0.4 is 4.74 Å². The zero-order chi connectivity index (χ0) is 18.9. The summed E-state index contributed by atoms with van der Waals surface area (Å²) in [6.45, 7) is 0.995. The fourth-order valence-electron chi connectivity index (χ4n) is 3.61. The van der Waals surface area contributed by atoms with Crippen LogP contribution in [0.1, 0.15) is 24.0 Å². The Kier molecular flexibility index (Phi) is 4.43. The van der Waals surface area contributed by atoms with Crippen LogP contribution in [-0.4, -0.2) is 40.6 Å². The van der Waals surface area contributed by atoms with Crippen molar-refractivity contribution in [2.24, 2.45) is 5.16 Å². The zero-order valence-corrected chi connectivity index (χ0v) is 14.6. The topological polar surface area (TPSA) is 71.4 Å². The van der Waals surface area contributed by atoms with E-state index < -0.39 is 17.5 Å². The molecule has 6 nitrogen and oxygen atoms in total. The van der Waals surface area contributed by atoms with E-state index in [2.05, 4.69) is 5.16 Å². The molecule has 2 aromatic carbocycles. The summed E-state index contributed by atoms with van der Waals surface area (Å²) in [6, 6.07) is 13.6. The number of likely N-dealkylation sites (tertiary alicyclic amines) is 1. The molecule has 7 heteroatoms. The minimum Gasteiger partial charge on any atom is -0.484 e. The van der Waals surface area contributed by atoms with Gasteiger partial charge in [0.25, 0.3) is 0 Å². The predicted octanol–water partition coefficient (Wildman–Crippen LogP) is 3.57. The van der Waals surface area contributed by atoms with Crippen LogP contribution in [0.5, 0.6) is 5.75 Å². The molecule has 1 amide bonds. The highest BCUT2D eigenvalue weighted by atomic mass is 19.1. The molecular weight excluding hydrogens is 351 g/mol. The number of carbonyl (C=O) groups is 1. The van der Waals surface area contributed by atoms with Gasteiger partial charge in [0.1, 0.15) is 23.8 Å². The monoisotopic (exact) mass is 370 g/mol. The highest BCUT2D eigenvalue weighted by Gasteiger charge is 2.47. The third kappa shape index (κ3) is 3.45. The smallest absolute Gasteiger partial charge is 0.410 e. The Balaban J connectivity index is 1.45. The van der Waals surface area contributed by atoms with E-state index >= 15 is 0 Å². The lowest BCUT2D eigenvalue weighted by molar-refractivity contribution is 0.0650. The number of amides is 1. The van der Waals surface area contributed by atoms with Gasteiger partial charge in [0, 0.05) is 24.9 Å². The number of hydrogen-bond acceptors (Lipinski definition) is 5. The molecular formula is C20H19FN2O4. The molecule has 1 atom stereocenters. The summed E-state index contributed by atoms with van der Waals surface area (Å²) in [6.07, 6.45) is 0.456. The number of nitrogens with zero attached hydrogens (tertiary/aromatic N) is 2. The van der Waals surface area contributed by atoms with E-state index in [4.69, 9.17) is 9.47 Å². The van der Waals surface area contributed by atoms with E-state index in [1.807, 2.05) is 30.3 Å². The first-order valence-electron chi connectivity index (χ1n) is 8.74. The van der Waals surface area contributed by atoms with Gasteiger partial charge in [-0.15, -0.1) is 0 Å². The summed E-state index contributed by atoms with van der Waals surface area (Å²) in [4.78, 5) is 14.0. The van der Waals surface area contributed by atoms with Crippen LogP contribution in [0.25, 0.3) is 0 Å². The Morgan fingerprint density at radius 3 is 2.89 bits per heavy atom. The van der Waals surface area contributed by atoms with Crippen molar-refractivity contribution in [3.05, 3.63) is 65.5 Å². The van der Waals surface area contributed by atoms with Gasteiger partial charge in [-0.05, 0) is 23.8 Å². The molecule has 140 valence electrons. The van der Waals surface area contributed by atoms with Crippen LogP contribution in [0, 0.1) is 5.82 Å². The van der Waals surface area contributed by atoms with Crippen LogP contribution in [0.3, 0.4) is 0 Å². The van der Waals surface area contributed by atoms with Gasteiger partial charge in [-0.1, -0.05) is 35.5 Å². The lowest BCUT2D eigenvalue weighted by Crippen LogP contribution is -2.45. The third-order valence-corrected chi connectivity index (χ3v) is 4.97. The summed E-state index contributed by atoms with van der Waals surface area (Å²) >= 11 is 0. The minimum absolute atomic E-state index is 0.204. The number of rotatable bonds is 2. The maximum Gasteiger partial charge on any atom is 0.410 e. The number of carbonyl (C=O) groups excluding carboxylic acids is 1. The van der Waals surface area contributed by atoms with E-state index in [1.54, 1.807) is 4.90 Å². The van der Waals surface area contributed by atoms with Crippen molar-refractivity contribution in [2.45, 2.75) is 25.0 Å². The zero-order valence-electron chi connectivity index (χ0n) is 14.6. The number of oxime groups is 1. The van der Waals surface area contributed by atoms with Crippen LogP contribution in [0.15, 0.2) is 53.7 Å². The fraction of sp³-hybridized carbons (Fsp3) is 0.300. The second-order valence-electron chi connectivity index (χ2n) is 6.86. The quantitative estimate of drug-likeness (QED) is 0.648. The Bertz CT molecular complexity index is 887. The molecule has 1 N–H and O–H groups in total. The molecule has 0 saturated carbocycles. The molecule has 2 aliphatic heterocycles. The average Bonchev–Trinajstić information content (AvgIpc) is 3.10. The predicted molar refractivity (Wildman–Crippen MR) is 95.5 cm³/mol. The number of fused-ring (bicyclic) bond motifs is 1. The van der Waals surface area contributed by atoms with Gasteiger partial charge in [-0.25, -0.2) is 9.18 Å². The van der Waals surface area contributed by atoms with Gasteiger partial charge in [-0.3, -0.25) is 0 Å². The van der Waals surface area contributed by atoms with Gasteiger partial charge >= 0.3 is 6.09 Å². The number of halogens is 1. The SMILES string of the molecule is O=C(OCc1ccccc1)N1CCC2(CC(=NO)c3cc(F)ccc3O2)C1. The molecule has 0 aromatic heterocycles. The summed E-state index contributed by atoms with van der Waals surface area (Å²) in [7, 11) is 0. The van der Waals surface area contributed by atoms with Crippen LogP contribution in [-0.2, 0) is 11.3 Å². The van der Waals surface area contributed by atoms with Crippen molar-refractivity contribution >= 4 is 11.8 Å². The molecule has 2 aliphatic rings. The minimum atomic E-state index is -0.696. The standard InChI is InChI=1S/C20H19FN2O4/c21-15-6-7-18-16(10-15)17(22-25)11-20(27-18)8-9-23(13-20)19(24)26-12-14-4-2-1-3-5-14/h1-7,10,25H,8-9,11-13H2. The van der Waals surface area contributed by atoms with Gasteiger partial charge in [0.2, 0.25) is 0 Å². The Hall–Kier alpha value is -3.09. The molecule has 0 aliphatic carbocycles. The van der Waals surface area contributed by atoms with Gasteiger partial charge in [0.15, 0.2) is 0 Å². The molecule has 1 spiro atoms. The van der Waals surface area contributed by atoms with E-state index in [-0.39, 0.29) is 6.61 Å². The summed E-state index contributed by atoms with van der Waals surface area (Å²) < 4.78 is 25.0. The highest BCUT2D eigenvalue weighted by Crippen LogP contribution is 2.39. The Morgan fingerprint density at radius 2 is 2.11 bits per heavy atom. The van der Waals surface area contributed by atoms with Crippen LogP contribution in [0.2, 0.25) is 0 Å². The largest absolute Gasteiger partial charge is 0.484 e. The maximum atomic E-state index is 13.5. The van der Waals surface area contributed by atoms with Crippen molar-refractivity contribution in [2.75, 3.05) is 13.1 Å². The van der Waals surface area contributed by atoms with Crippen LogP contribution >= 0.6 is 0 Å². The number of benzene rings is 2. The van der Waals surface area contributed by atoms with Gasteiger partial charge < -0.3 is 19.6 Å². The lowest BCUT2D eigenvalue weighted by atomic mass is 9.88. The van der Waals surface area contributed by atoms with E-state index in [1.165, 1.54) is 18.2 Å². The normalized spacial score (nSPS) is 22.6. The van der Waals surface area contributed by atoms with Crippen molar-refractivity contribution in [3.63, 3.8) is 0 Å². The van der Waals surface area contributed by atoms with E-state index in [0.717, 1.165) is 5.56 Å². The Labute approximate surface area is 155 Å². The van der Waals surface area contributed by atoms with Crippen LogP contribution in [0.4, 0.5) is 9.18 Å². The average molecular weight is 370 g/mol. The molecule has 2 aromatic rings. The molecule has 0 radical (unpaired) electrons. The van der Waals surface area contributed by atoms with Crippen molar-refractivity contribution in [1.29, 1.82) is 0 Å². The first-order chi connectivity index (χ1) is 13.1. The van der Waals surface area contributed by atoms with E-state index in [9.17, 15) is 14.4 Å². The van der Waals surface area contributed by atoms with Crippen molar-refractivity contribution < 1.29 is 23.9 Å². The highest BCUT2D eigenvalue weighted by molar-refractivity contribution is 6.04. The molecule has 27 heavy (non-hydrogen) atoms. The molecule has 1 unspecified atom stereocenters. The molecule has 4 rings (SSSR count). The molecule has 1 fully saturated rings. The lowest BCUT2D eigenvalue weighted by Gasteiger charge is -2.35.